The van der Waals surface area contributed by atoms with E-state index >= 15 is 0 Å². The lowest BCUT2D eigenvalue weighted by molar-refractivity contribution is -0.245. The number of benzene rings is 4. The Kier molecular flexibility index (Phi) is 10.5. The van der Waals surface area contributed by atoms with Crippen LogP contribution in [0.15, 0.2) is 108 Å². The number of nitrogens with one attached hydrogen (secondary N) is 3. The molecule has 0 radical (unpaired) electrons. The van der Waals surface area contributed by atoms with Gasteiger partial charge in [-0.05, 0) is 53.1 Å². The lowest BCUT2D eigenvalue weighted by atomic mass is 10.0. The van der Waals surface area contributed by atoms with E-state index in [9.17, 15) is 14.7 Å². The molecule has 1 fully saturated rings. The van der Waals surface area contributed by atoms with Crippen LogP contribution in [-0.4, -0.2) is 28.9 Å². The minimum atomic E-state index is -0.593. The summed E-state index contributed by atoms with van der Waals surface area (Å²) in [4.78, 5) is 24.8. The zero-order valence-electron chi connectivity index (χ0n) is 23.9. The number of aliphatic hydroxyl groups is 1. The molecule has 0 aliphatic carbocycles. The van der Waals surface area contributed by atoms with Crippen molar-refractivity contribution in [1.29, 1.82) is 0 Å². The van der Waals surface area contributed by atoms with E-state index in [0.29, 0.717) is 24.4 Å². The van der Waals surface area contributed by atoms with E-state index in [1.54, 1.807) is 11.8 Å². The molecule has 3 atom stereocenters. The summed E-state index contributed by atoms with van der Waals surface area (Å²) < 4.78 is 12.9. The van der Waals surface area contributed by atoms with E-state index in [1.807, 2.05) is 103 Å². The average molecular weight is 598 g/mol. The molecular weight excluding hydrogens is 562 g/mol. The first-order chi connectivity index (χ1) is 20.9. The van der Waals surface area contributed by atoms with Crippen LogP contribution in [0.4, 0.5) is 16.2 Å². The number of carbonyl (C=O) groups is 2. The maximum absolute atomic E-state index is 12.4. The molecule has 3 amide bonds. The molecule has 4 N–H and O–H groups in total. The number of aliphatic hydroxyl groups excluding tert-OH is 1. The molecule has 9 heteroatoms. The molecule has 43 heavy (non-hydrogen) atoms. The molecule has 222 valence electrons. The second-order valence-electron chi connectivity index (χ2n) is 10.3. The van der Waals surface area contributed by atoms with Gasteiger partial charge in [0.15, 0.2) is 6.29 Å². The van der Waals surface area contributed by atoms with Crippen LogP contribution in [0, 0.1) is 0 Å². The quantitative estimate of drug-likeness (QED) is 0.150. The third-order valence-corrected chi connectivity index (χ3v) is 8.11. The van der Waals surface area contributed by atoms with Crippen molar-refractivity contribution in [3.63, 3.8) is 0 Å². The maximum Gasteiger partial charge on any atom is 0.319 e. The Balaban J connectivity index is 1.24. The number of ether oxygens (including phenoxy) is 2. The van der Waals surface area contributed by atoms with Gasteiger partial charge in [0.05, 0.1) is 18.8 Å². The predicted octanol–water partition coefficient (Wildman–Crippen LogP) is 6.80. The van der Waals surface area contributed by atoms with Gasteiger partial charge in [0.25, 0.3) is 0 Å². The van der Waals surface area contributed by atoms with Gasteiger partial charge in [-0.2, -0.15) is 0 Å². The standard InChI is InChI=1S/C34H35N3O5S/c1-23(39)36-28-15-17-31(18-16-28)43-22-30-19-32(26-9-7-25(21-38)8-10-26)42-33(41-30)27-11-13-29(14-12-27)37-34(40)35-20-24-5-3-2-4-6-24/h2-18,30,32-33,38H,19-22H2,1H3,(H,36,39)(H2,35,37,40)/t30-,32+,33+/m0/s1. The number of urea groups is 1. The summed E-state index contributed by atoms with van der Waals surface area (Å²) >= 11 is 1.69. The summed E-state index contributed by atoms with van der Waals surface area (Å²) in [5.74, 6) is 0.612. The van der Waals surface area contributed by atoms with Crippen molar-refractivity contribution in [3.05, 3.63) is 125 Å². The van der Waals surface area contributed by atoms with Gasteiger partial charge in [-0.15, -0.1) is 11.8 Å². The van der Waals surface area contributed by atoms with Crippen molar-refractivity contribution < 1.29 is 24.2 Å². The number of thioether (sulfide) groups is 1. The van der Waals surface area contributed by atoms with Gasteiger partial charge in [0.1, 0.15) is 0 Å². The Hall–Kier alpha value is -4.15. The van der Waals surface area contributed by atoms with Crippen molar-refractivity contribution in [2.24, 2.45) is 0 Å². The van der Waals surface area contributed by atoms with E-state index in [1.165, 1.54) is 6.92 Å². The molecule has 4 aromatic carbocycles. The number of rotatable bonds is 10. The Labute approximate surface area is 255 Å². The zero-order valence-corrected chi connectivity index (χ0v) is 24.7. The molecule has 0 unspecified atom stereocenters. The SMILES string of the molecule is CC(=O)Nc1ccc(SC[C@@H]2C[C@H](c3ccc(CO)cc3)O[C@H](c3ccc(NC(=O)NCc4ccccc4)cc3)O2)cc1. The maximum atomic E-state index is 12.4. The van der Waals surface area contributed by atoms with Crippen LogP contribution in [0.3, 0.4) is 0 Å². The first-order valence-corrected chi connectivity index (χ1v) is 15.1. The number of carbonyl (C=O) groups excluding carboxylic acids is 2. The smallest absolute Gasteiger partial charge is 0.319 e. The van der Waals surface area contributed by atoms with E-state index in [2.05, 4.69) is 16.0 Å². The summed E-state index contributed by atoms with van der Waals surface area (Å²) in [6.07, 6.45) is -0.207. The van der Waals surface area contributed by atoms with E-state index in [-0.39, 0.29) is 30.8 Å². The van der Waals surface area contributed by atoms with E-state index < -0.39 is 6.29 Å². The number of amides is 3. The van der Waals surface area contributed by atoms with Crippen LogP contribution in [0.2, 0.25) is 0 Å². The lowest BCUT2D eigenvalue weighted by Crippen LogP contribution is -2.31. The second-order valence-corrected chi connectivity index (χ2v) is 11.4. The van der Waals surface area contributed by atoms with Gasteiger partial charge in [0, 0.05) is 47.5 Å². The highest BCUT2D eigenvalue weighted by molar-refractivity contribution is 7.99. The topological polar surface area (TPSA) is 109 Å². The molecule has 1 heterocycles. The minimum Gasteiger partial charge on any atom is -0.392 e. The van der Waals surface area contributed by atoms with E-state index in [4.69, 9.17) is 9.47 Å². The predicted molar refractivity (Wildman–Crippen MR) is 169 cm³/mol. The van der Waals surface area contributed by atoms with Gasteiger partial charge in [-0.3, -0.25) is 4.79 Å². The molecule has 0 bridgehead atoms. The van der Waals surface area contributed by atoms with Crippen molar-refractivity contribution in [1.82, 2.24) is 5.32 Å². The van der Waals surface area contributed by atoms with Gasteiger partial charge in [-0.25, -0.2) is 4.79 Å². The van der Waals surface area contributed by atoms with Crippen LogP contribution < -0.4 is 16.0 Å². The summed E-state index contributed by atoms with van der Waals surface area (Å²) in [7, 11) is 0. The zero-order chi connectivity index (χ0) is 30.0. The first-order valence-electron chi connectivity index (χ1n) is 14.1. The summed E-state index contributed by atoms with van der Waals surface area (Å²) in [6.45, 7) is 1.92. The highest BCUT2D eigenvalue weighted by Crippen LogP contribution is 2.39. The Morgan fingerprint density at radius 2 is 1.44 bits per heavy atom. The average Bonchev–Trinajstić information content (AvgIpc) is 3.04. The van der Waals surface area contributed by atoms with Crippen LogP contribution in [0.5, 0.6) is 0 Å². The molecular formula is C34H35N3O5S. The summed E-state index contributed by atoms with van der Waals surface area (Å²) in [5.41, 5.74) is 5.16. The van der Waals surface area contributed by atoms with Crippen molar-refractivity contribution in [3.8, 4) is 0 Å². The number of anilines is 2. The van der Waals surface area contributed by atoms with Crippen molar-refractivity contribution >= 4 is 35.1 Å². The fraction of sp³-hybridized carbons (Fsp3) is 0.235. The number of hydrogen-bond donors (Lipinski definition) is 4. The van der Waals surface area contributed by atoms with Crippen molar-refractivity contribution in [2.75, 3.05) is 16.4 Å². The summed E-state index contributed by atoms with van der Waals surface area (Å²) in [6, 6.07) is 32.5. The fourth-order valence-electron chi connectivity index (χ4n) is 4.73. The van der Waals surface area contributed by atoms with Gasteiger partial charge < -0.3 is 30.5 Å². The van der Waals surface area contributed by atoms with E-state index in [0.717, 1.165) is 32.8 Å². The lowest BCUT2D eigenvalue weighted by Gasteiger charge is -2.36. The van der Waals surface area contributed by atoms with Crippen LogP contribution >= 0.6 is 11.8 Å². The van der Waals surface area contributed by atoms with Crippen LogP contribution in [-0.2, 0) is 27.4 Å². The third kappa shape index (κ3) is 8.92. The third-order valence-electron chi connectivity index (χ3n) is 6.96. The molecule has 8 nitrogen and oxygen atoms in total. The Morgan fingerprint density at radius 3 is 2.12 bits per heavy atom. The van der Waals surface area contributed by atoms with Gasteiger partial charge in [-0.1, -0.05) is 66.7 Å². The fourth-order valence-corrected chi connectivity index (χ4v) is 5.65. The van der Waals surface area contributed by atoms with Gasteiger partial charge >= 0.3 is 6.03 Å². The largest absolute Gasteiger partial charge is 0.392 e. The van der Waals surface area contributed by atoms with Crippen LogP contribution in [0.1, 0.15) is 48.0 Å². The number of hydrogen-bond acceptors (Lipinski definition) is 6. The second kappa shape index (κ2) is 14.8. The normalized spacial score (nSPS) is 18.0. The minimum absolute atomic E-state index is 0.0117. The molecule has 1 saturated heterocycles. The van der Waals surface area contributed by atoms with Crippen molar-refractivity contribution in [2.45, 2.75) is 49.9 Å². The molecule has 0 aromatic heterocycles. The first kappa shape index (κ1) is 30.3. The molecule has 1 aliphatic rings. The monoisotopic (exact) mass is 597 g/mol. The Morgan fingerprint density at radius 1 is 0.791 bits per heavy atom. The highest BCUT2D eigenvalue weighted by Gasteiger charge is 2.32. The summed E-state index contributed by atoms with van der Waals surface area (Å²) in [5, 5.41) is 18.0. The van der Waals surface area contributed by atoms with Gasteiger partial charge in [0.2, 0.25) is 5.91 Å². The molecule has 1 aliphatic heterocycles. The molecule has 5 rings (SSSR count). The molecule has 4 aromatic rings. The molecule has 0 spiro atoms. The molecule has 0 saturated carbocycles. The highest BCUT2D eigenvalue weighted by atomic mass is 32.2. The Bertz CT molecular complexity index is 1480. The van der Waals surface area contributed by atoms with Crippen LogP contribution in [0.25, 0.3) is 0 Å².